The normalized spacial score (nSPS) is 9.93. The number of amides is 1. The Morgan fingerprint density at radius 3 is 2.79 bits per heavy atom. The summed E-state index contributed by atoms with van der Waals surface area (Å²) in [4.78, 5) is 17.8. The minimum absolute atomic E-state index is 0.0796. The maximum atomic E-state index is 11.7. The van der Waals surface area contributed by atoms with Crippen LogP contribution in [0, 0.1) is 0 Å². The minimum atomic E-state index is -0.0796. The van der Waals surface area contributed by atoms with E-state index < -0.39 is 0 Å². The molecule has 0 aliphatic rings. The van der Waals surface area contributed by atoms with Gasteiger partial charge in [0, 0.05) is 20.6 Å². The molecule has 0 spiro atoms. The van der Waals surface area contributed by atoms with Crippen LogP contribution < -0.4 is 11.1 Å². The molecule has 14 heavy (non-hydrogen) atoms. The average Bonchev–Trinajstić information content (AvgIpc) is 2.57. The van der Waals surface area contributed by atoms with Crippen LogP contribution in [0.5, 0.6) is 0 Å². The van der Waals surface area contributed by atoms with Crippen LogP contribution in [0.1, 0.15) is 16.6 Å². The first-order valence-corrected chi connectivity index (χ1v) is 5.11. The summed E-state index contributed by atoms with van der Waals surface area (Å²) in [5.41, 5.74) is 5.62. The van der Waals surface area contributed by atoms with E-state index in [9.17, 15) is 4.79 Å². The lowest BCUT2D eigenvalue weighted by atomic mass is 10.4. The summed E-state index contributed by atoms with van der Waals surface area (Å²) in [5, 5.41) is 3.52. The number of nitrogen functional groups attached to an aromatic ring is 1. The van der Waals surface area contributed by atoms with Crippen LogP contribution in [0.3, 0.4) is 0 Å². The number of hydrogen-bond donors (Lipinski definition) is 2. The molecule has 0 radical (unpaired) electrons. The molecule has 1 rings (SSSR count). The number of anilines is 2. The number of carbonyl (C=O) groups is 1. The summed E-state index contributed by atoms with van der Waals surface area (Å²) in [6.07, 6.45) is 0. The highest BCUT2D eigenvalue weighted by molar-refractivity contribution is 7.18. The fourth-order valence-corrected chi connectivity index (χ4v) is 1.74. The Labute approximate surface area is 86.9 Å². The van der Waals surface area contributed by atoms with Crippen LogP contribution in [0.15, 0.2) is 0 Å². The molecule has 0 aromatic carbocycles. The fourth-order valence-electron chi connectivity index (χ4n) is 0.909. The van der Waals surface area contributed by atoms with Crippen molar-refractivity contribution >= 4 is 28.2 Å². The Hall–Kier alpha value is -1.30. The molecule has 6 heteroatoms. The lowest BCUT2D eigenvalue weighted by Crippen LogP contribution is -2.26. The van der Waals surface area contributed by atoms with E-state index in [0.717, 1.165) is 0 Å². The van der Waals surface area contributed by atoms with Crippen LogP contribution in [0.2, 0.25) is 0 Å². The van der Waals surface area contributed by atoms with Gasteiger partial charge in [-0.3, -0.25) is 4.79 Å². The van der Waals surface area contributed by atoms with Crippen LogP contribution in [-0.4, -0.2) is 36.4 Å². The molecular formula is C8H14N4OS. The van der Waals surface area contributed by atoms with Gasteiger partial charge < -0.3 is 16.0 Å². The van der Waals surface area contributed by atoms with Gasteiger partial charge in [-0.2, -0.15) is 0 Å². The van der Waals surface area contributed by atoms with Gasteiger partial charge in [0.05, 0.1) is 0 Å². The first-order chi connectivity index (χ1) is 6.60. The molecule has 1 aromatic heterocycles. The van der Waals surface area contributed by atoms with Gasteiger partial charge in [-0.1, -0.05) is 11.3 Å². The van der Waals surface area contributed by atoms with E-state index in [1.54, 1.807) is 19.0 Å². The lowest BCUT2D eigenvalue weighted by Gasteiger charge is -2.12. The molecule has 3 N–H and O–H groups in total. The molecule has 1 amide bonds. The van der Waals surface area contributed by atoms with Crippen molar-refractivity contribution in [2.24, 2.45) is 0 Å². The van der Waals surface area contributed by atoms with Crippen molar-refractivity contribution < 1.29 is 4.79 Å². The number of nitrogens with one attached hydrogen (secondary N) is 1. The number of nitrogens with two attached hydrogens (primary N) is 1. The second-order valence-electron chi connectivity index (χ2n) is 2.80. The number of hydrogen-bond acceptors (Lipinski definition) is 5. The fraction of sp³-hybridized carbons (Fsp3) is 0.500. The molecular weight excluding hydrogens is 200 g/mol. The summed E-state index contributed by atoms with van der Waals surface area (Å²) in [6, 6.07) is 0. The van der Waals surface area contributed by atoms with E-state index >= 15 is 0 Å². The Kier molecular flexibility index (Phi) is 3.29. The molecule has 5 nitrogen and oxygen atoms in total. The first kappa shape index (κ1) is 10.8. The third kappa shape index (κ3) is 1.95. The summed E-state index contributed by atoms with van der Waals surface area (Å²) in [7, 11) is 3.48. The van der Waals surface area contributed by atoms with Crippen LogP contribution in [0.25, 0.3) is 0 Å². The molecule has 0 saturated carbocycles. The summed E-state index contributed by atoms with van der Waals surface area (Å²) in [6.45, 7) is 2.57. The van der Waals surface area contributed by atoms with Gasteiger partial charge in [0.1, 0.15) is 10.7 Å². The monoisotopic (exact) mass is 214 g/mol. The lowest BCUT2D eigenvalue weighted by molar-refractivity contribution is 0.0808. The topological polar surface area (TPSA) is 71.2 Å². The number of nitrogens with zero attached hydrogens (tertiary/aromatic N) is 2. The maximum Gasteiger partial charge on any atom is 0.267 e. The van der Waals surface area contributed by atoms with Crippen molar-refractivity contribution in [1.82, 2.24) is 9.88 Å². The Bertz CT molecular complexity index is 336. The molecule has 0 unspecified atom stereocenters. The van der Waals surface area contributed by atoms with Gasteiger partial charge in [-0.05, 0) is 6.92 Å². The number of carbonyl (C=O) groups excluding carboxylic acids is 1. The zero-order valence-corrected chi connectivity index (χ0v) is 9.31. The maximum absolute atomic E-state index is 11.7. The van der Waals surface area contributed by atoms with Gasteiger partial charge in [-0.25, -0.2) is 4.98 Å². The van der Waals surface area contributed by atoms with Crippen LogP contribution in [0.4, 0.5) is 10.9 Å². The van der Waals surface area contributed by atoms with Crippen LogP contribution >= 0.6 is 11.3 Å². The Balaban J connectivity index is 2.94. The van der Waals surface area contributed by atoms with E-state index in [4.69, 9.17) is 5.73 Å². The Morgan fingerprint density at radius 2 is 2.36 bits per heavy atom. The highest BCUT2D eigenvalue weighted by atomic mass is 32.1. The predicted octanol–water partition coefficient (Wildman–Crippen LogP) is 0.859. The number of aromatic nitrogens is 1. The third-order valence-corrected chi connectivity index (χ3v) is 2.96. The molecule has 0 aliphatic heterocycles. The van der Waals surface area contributed by atoms with Crippen molar-refractivity contribution in [2.75, 3.05) is 31.7 Å². The molecule has 1 heterocycles. The average molecular weight is 214 g/mol. The second-order valence-corrected chi connectivity index (χ2v) is 3.80. The smallest absolute Gasteiger partial charge is 0.267 e. The van der Waals surface area contributed by atoms with Gasteiger partial charge in [0.2, 0.25) is 0 Å². The summed E-state index contributed by atoms with van der Waals surface area (Å²) >= 11 is 1.27. The summed E-state index contributed by atoms with van der Waals surface area (Å²) in [5.74, 6) is 0.216. The first-order valence-electron chi connectivity index (χ1n) is 4.29. The van der Waals surface area contributed by atoms with Gasteiger partial charge >= 0.3 is 0 Å². The van der Waals surface area contributed by atoms with E-state index in [2.05, 4.69) is 10.3 Å². The van der Waals surface area contributed by atoms with E-state index in [1.165, 1.54) is 11.3 Å². The van der Waals surface area contributed by atoms with Gasteiger partial charge in [-0.15, -0.1) is 0 Å². The Morgan fingerprint density at radius 1 is 1.71 bits per heavy atom. The van der Waals surface area contributed by atoms with Crippen molar-refractivity contribution in [3.05, 3.63) is 4.88 Å². The third-order valence-electron chi connectivity index (χ3n) is 1.88. The van der Waals surface area contributed by atoms with E-state index in [0.29, 0.717) is 22.4 Å². The molecule has 0 bridgehead atoms. The molecule has 0 fully saturated rings. The van der Waals surface area contributed by atoms with E-state index in [-0.39, 0.29) is 5.91 Å². The molecule has 0 saturated heterocycles. The van der Waals surface area contributed by atoms with Crippen molar-refractivity contribution in [2.45, 2.75) is 6.92 Å². The van der Waals surface area contributed by atoms with Crippen molar-refractivity contribution in [3.8, 4) is 0 Å². The second kappa shape index (κ2) is 4.28. The van der Waals surface area contributed by atoms with Crippen molar-refractivity contribution in [3.63, 3.8) is 0 Å². The predicted molar refractivity (Wildman–Crippen MR) is 58.7 cm³/mol. The zero-order chi connectivity index (χ0) is 10.7. The zero-order valence-electron chi connectivity index (χ0n) is 8.50. The van der Waals surface area contributed by atoms with Gasteiger partial charge in [0.15, 0.2) is 5.13 Å². The summed E-state index contributed by atoms with van der Waals surface area (Å²) < 4.78 is 0. The minimum Gasteiger partial charge on any atom is -0.382 e. The number of rotatable bonds is 3. The quantitative estimate of drug-likeness (QED) is 0.782. The largest absolute Gasteiger partial charge is 0.382 e. The molecule has 0 aliphatic carbocycles. The van der Waals surface area contributed by atoms with E-state index in [1.807, 2.05) is 6.92 Å². The SMILES string of the molecule is CCN(C)C(=O)c1sc(NC)nc1N. The standard InChI is InChI=1S/C8H14N4OS/c1-4-12(3)7(13)5-6(9)11-8(10-2)14-5/h4,9H2,1-3H3,(H,10,11). The molecule has 78 valence electrons. The highest BCUT2D eigenvalue weighted by Crippen LogP contribution is 2.25. The van der Waals surface area contributed by atoms with Crippen LogP contribution in [-0.2, 0) is 0 Å². The molecule has 0 atom stereocenters. The van der Waals surface area contributed by atoms with Crippen molar-refractivity contribution in [1.29, 1.82) is 0 Å². The van der Waals surface area contributed by atoms with Gasteiger partial charge in [0.25, 0.3) is 5.91 Å². The molecule has 1 aromatic rings. The highest BCUT2D eigenvalue weighted by Gasteiger charge is 2.18. The number of thiazole rings is 1.